The Balaban J connectivity index is 1.60. The van der Waals surface area contributed by atoms with Gasteiger partial charge in [0.25, 0.3) is 5.91 Å². The van der Waals surface area contributed by atoms with Crippen molar-refractivity contribution in [3.63, 3.8) is 0 Å². The Morgan fingerprint density at radius 2 is 1.90 bits per heavy atom. The van der Waals surface area contributed by atoms with Crippen LogP contribution in [0.1, 0.15) is 26.4 Å². The van der Waals surface area contributed by atoms with Gasteiger partial charge in [-0.1, -0.05) is 35.9 Å². The van der Waals surface area contributed by atoms with Crippen molar-refractivity contribution in [3.05, 3.63) is 80.5 Å². The lowest BCUT2D eigenvalue weighted by molar-refractivity contribution is 0.102. The smallest absolute Gasteiger partial charge is 0.267 e. The third kappa shape index (κ3) is 3.96. The number of anilines is 1. The zero-order valence-corrected chi connectivity index (χ0v) is 18.1. The van der Waals surface area contributed by atoms with Gasteiger partial charge in [-0.2, -0.15) is 4.31 Å². The van der Waals surface area contributed by atoms with Crippen LogP contribution in [0.15, 0.2) is 58.8 Å². The monoisotopic (exact) mass is 446 g/mol. The van der Waals surface area contributed by atoms with Crippen LogP contribution in [0, 0.1) is 6.92 Å². The molecule has 2 aromatic carbocycles. The van der Waals surface area contributed by atoms with Crippen LogP contribution in [-0.2, 0) is 23.0 Å². The molecule has 0 saturated heterocycles. The molecular weight excluding hydrogens is 428 g/mol. The molecule has 0 fully saturated rings. The lowest BCUT2D eigenvalue weighted by atomic mass is 10.0. The SMILES string of the molecule is Cc1cc(Cl)ccc1NC(=O)c1sccc1S(=O)(=O)N1CCc2ccccc2C1. The van der Waals surface area contributed by atoms with Gasteiger partial charge in [-0.25, -0.2) is 8.42 Å². The highest BCUT2D eigenvalue weighted by Gasteiger charge is 2.32. The molecule has 0 bridgehead atoms. The molecule has 29 heavy (non-hydrogen) atoms. The molecule has 3 aromatic rings. The summed E-state index contributed by atoms with van der Waals surface area (Å²) in [5, 5.41) is 5.01. The number of carbonyl (C=O) groups excluding carboxylic acids is 1. The molecule has 0 radical (unpaired) electrons. The first kappa shape index (κ1) is 20.1. The number of hydrogen-bond donors (Lipinski definition) is 1. The molecular formula is C21H19ClN2O3S2. The summed E-state index contributed by atoms with van der Waals surface area (Å²) in [4.78, 5) is 13.1. The van der Waals surface area contributed by atoms with Crippen molar-refractivity contribution in [2.75, 3.05) is 11.9 Å². The van der Waals surface area contributed by atoms with Crippen molar-refractivity contribution in [1.82, 2.24) is 4.31 Å². The van der Waals surface area contributed by atoms with E-state index in [4.69, 9.17) is 11.6 Å². The summed E-state index contributed by atoms with van der Waals surface area (Å²) in [6.45, 7) is 2.54. The highest BCUT2D eigenvalue weighted by Crippen LogP contribution is 2.30. The van der Waals surface area contributed by atoms with Gasteiger partial charge in [0.2, 0.25) is 10.0 Å². The fourth-order valence-electron chi connectivity index (χ4n) is 3.43. The normalized spacial score (nSPS) is 14.4. The van der Waals surface area contributed by atoms with Crippen LogP contribution in [0.5, 0.6) is 0 Å². The molecule has 5 nitrogen and oxygen atoms in total. The maximum absolute atomic E-state index is 13.3. The van der Waals surface area contributed by atoms with E-state index in [0.29, 0.717) is 30.2 Å². The summed E-state index contributed by atoms with van der Waals surface area (Å²) < 4.78 is 28.0. The number of benzene rings is 2. The standard InChI is InChI=1S/C21H19ClN2O3S2/c1-14-12-17(22)6-7-18(14)23-21(25)20-19(9-11-28-20)29(26,27)24-10-8-15-4-2-3-5-16(15)13-24/h2-7,9,11-12H,8,10,13H2,1H3,(H,23,25). The third-order valence-corrected chi connectivity index (χ3v) is 8.15. The Labute approximate surface area is 179 Å². The van der Waals surface area contributed by atoms with Gasteiger partial charge < -0.3 is 5.32 Å². The number of nitrogens with one attached hydrogen (secondary N) is 1. The second-order valence-electron chi connectivity index (χ2n) is 6.88. The van der Waals surface area contributed by atoms with Crippen LogP contribution < -0.4 is 5.32 Å². The number of sulfonamides is 1. The van der Waals surface area contributed by atoms with Crippen LogP contribution in [0.3, 0.4) is 0 Å². The highest BCUT2D eigenvalue weighted by atomic mass is 35.5. The summed E-state index contributed by atoms with van der Waals surface area (Å²) in [7, 11) is -3.78. The maximum atomic E-state index is 13.3. The number of nitrogens with zero attached hydrogens (tertiary/aromatic N) is 1. The third-order valence-electron chi connectivity index (χ3n) is 4.99. The van der Waals surface area contributed by atoms with Crippen molar-refractivity contribution in [3.8, 4) is 0 Å². The Hall–Kier alpha value is -2.19. The molecule has 8 heteroatoms. The van der Waals surface area contributed by atoms with Gasteiger partial charge in [0.1, 0.15) is 9.77 Å². The average Bonchev–Trinajstić information content (AvgIpc) is 3.20. The van der Waals surface area contributed by atoms with E-state index in [0.717, 1.165) is 22.5 Å². The largest absolute Gasteiger partial charge is 0.321 e. The highest BCUT2D eigenvalue weighted by molar-refractivity contribution is 7.89. The molecule has 1 aliphatic rings. The van der Waals surface area contributed by atoms with Gasteiger partial charge in [0, 0.05) is 23.8 Å². The van der Waals surface area contributed by atoms with Crippen LogP contribution in [0.25, 0.3) is 0 Å². The molecule has 1 aliphatic heterocycles. The summed E-state index contributed by atoms with van der Waals surface area (Å²) in [6, 6.07) is 14.5. The number of amides is 1. The van der Waals surface area contributed by atoms with Crippen molar-refractivity contribution in [2.45, 2.75) is 24.8 Å². The van der Waals surface area contributed by atoms with E-state index >= 15 is 0 Å². The molecule has 4 rings (SSSR count). The number of thiophene rings is 1. The van der Waals surface area contributed by atoms with Crippen molar-refractivity contribution >= 4 is 44.6 Å². The van der Waals surface area contributed by atoms with Gasteiger partial charge in [0.05, 0.1) is 0 Å². The molecule has 1 N–H and O–H groups in total. The van der Waals surface area contributed by atoms with E-state index in [1.807, 2.05) is 31.2 Å². The summed E-state index contributed by atoms with van der Waals surface area (Å²) in [5.41, 5.74) is 3.57. The Kier molecular flexibility index (Phi) is 5.48. The van der Waals surface area contributed by atoms with Crippen molar-refractivity contribution in [1.29, 1.82) is 0 Å². The first-order valence-corrected chi connectivity index (χ1v) is 11.8. The molecule has 0 unspecified atom stereocenters. The molecule has 0 atom stereocenters. The van der Waals surface area contributed by atoms with Gasteiger partial charge in [-0.15, -0.1) is 11.3 Å². The first-order valence-electron chi connectivity index (χ1n) is 9.08. The van der Waals surface area contributed by atoms with Crippen LogP contribution >= 0.6 is 22.9 Å². The fraction of sp³-hybridized carbons (Fsp3) is 0.190. The van der Waals surface area contributed by atoms with E-state index in [1.165, 1.54) is 15.9 Å². The molecule has 0 saturated carbocycles. The first-order chi connectivity index (χ1) is 13.9. The van der Waals surface area contributed by atoms with E-state index in [2.05, 4.69) is 5.32 Å². The van der Waals surface area contributed by atoms with E-state index in [-0.39, 0.29) is 9.77 Å². The quantitative estimate of drug-likeness (QED) is 0.631. The topological polar surface area (TPSA) is 66.5 Å². The summed E-state index contributed by atoms with van der Waals surface area (Å²) in [6.07, 6.45) is 0.658. The number of rotatable bonds is 4. The maximum Gasteiger partial charge on any atom is 0.267 e. The van der Waals surface area contributed by atoms with Crippen LogP contribution in [0.4, 0.5) is 5.69 Å². The van der Waals surface area contributed by atoms with Gasteiger partial charge in [0.15, 0.2) is 0 Å². The van der Waals surface area contributed by atoms with Crippen LogP contribution in [-0.4, -0.2) is 25.2 Å². The average molecular weight is 447 g/mol. The van der Waals surface area contributed by atoms with E-state index < -0.39 is 15.9 Å². The predicted molar refractivity (Wildman–Crippen MR) is 116 cm³/mol. The fourth-order valence-corrected chi connectivity index (χ4v) is 6.37. The van der Waals surface area contributed by atoms with Gasteiger partial charge in [-0.3, -0.25) is 4.79 Å². The number of carbonyl (C=O) groups is 1. The lowest BCUT2D eigenvalue weighted by Crippen LogP contribution is -2.36. The summed E-state index contributed by atoms with van der Waals surface area (Å²) >= 11 is 7.08. The minimum absolute atomic E-state index is 0.0472. The minimum atomic E-state index is -3.78. The number of halogens is 1. The second-order valence-corrected chi connectivity index (χ2v) is 10.1. The van der Waals surface area contributed by atoms with Gasteiger partial charge >= 0.3 is 0 Å². The molecule has 1 amide bonds. The predicted octanol–water partition coefficient (Wildman–Crippen LogP) is 4.71. The molecule has 0 spiro atoms. The zero-order valence-electron chi connectivity index (χ0n) is 15.7. The van der Waals surface area contributed by atoms with Gasteiger partial charge in [-0.05, 0) is 59.7 Å². The van der Waals surface area contributed by atoms with Crippen molar-refractivity contribution in [2.24, 2.45) is 0 Å². The molecule has 1 aromatic heterocycles. The van der Waals surface area contributed by atoms with E-state index in [1.54, 1.807) is 23.6 Å². The van der Waals surface area contributed by atoms with Crippen molar-refractivity contribution < 1.29 is 13.2 Å². The number of hydrogen-bond acceptors (Lipinski definition) is 4. The minimum Gasteiger partial charge on any atom is -0.321 e. The zero-order chi connectivity index (χ0) is 20.6. The number of fused-ring (bicyclic) bond motifs is 1. The Morgan fingerprint density at radius 3 is 2.66 bits per heavy atom. The lowest BCUT2D eigenvalue weighted by Gasteiger charge is -2.28. The molecule has 2 heterocycles. The summed E-state index contributed by atoms with van der Waals surface area (Å²) in [5.74, 6) is -0.443. The van der Waals surface area contributed by atoms with Crippen LogP contribution in [0.2, 0.25) is 5.02 Å². The van der Waals surface area contributed by atoms with E-state index in [9.17, 15) is 13.2 Å². The number of aryl methyl sites for hydroxylation is 1. The molecule has 0 aliphatic carbocycles. The second kappa shape index (κ2) is 7.91. The Morgan fingerprint density at radius 1 is 1.14 bits per heavy atom. The molecule has 150 valence electrons. The Bertz CT molecular complexity index is 1190.